The maximum Gasteiger partial charge on any atom is 0.342 e. The number of fused-ring (bicyclic) bond motifs is 2. The number of morpholine rings is 1. The first-order valence-corrected chi connectivity index (χ1v) is 20.7. The Hall–Kier alpha value is -4.52. The van der Waals surface area contributed by atoms with Crippen molar-refractivity contribution in [2.75, 3.05) is 56.8 Å². The number of carbonyl (C=O) groups excluding carboxylic acids is 2. The summed E-state index contributed by atoms with van der Waals surface area (Å²) in [6.45, 7) is 6.75. The Bertz CT molecular complexity index is 2020. The van der Waals surface area contributed by atoms with Crippen LogP contribution in [0.5, 0.6) is 0 Å². The number of anilines is 2. The molecule has 1 aliphatic carbocycles. The van der Waals surface area contributed by atoms with E-state index in [0.29, 0.717) is 43.3 Å². The van der Waals surface area contributed by atoms with Crippen molar-refractivity contribution in [1.82, 2.24) is 29.7 Å². The van der Waals surface area contributed by atoms with Gasteiger partial charge in [-0.25, -0.2) is 15.2 Å². The van der Waals surface area contributed by atoms with Gasteiger partial charge in [0.15, 0.2) is 17.0 Å². The van der Waals surface area contributed by atoms with Gasteiger partial charge in [0, 0.05) is 13.1 Å². The zero-order valence-corrected chi connectivity index (χ0v) is 32.9. The summed E-state index contributed by atoms with van der Waals surface area (Å²) < 4.78 is 45.2. The number of esters is 2. The quantitative estimate of drug-likeness (QED) is 0.0754. The van der Waals surface area contributed by atoms with E-state index in [1.54, 1.807) is 25.3 Å². The molecule has 0 bridgehead atoms. The molecule has 2 aliphatic heterocycles. The van der Waals surface area contributed by atoms with Gasteiger partial charge in [-0.15, -0.1) is 0 Å². The van der Waals surface area contributed by atoms with E-state index in [4.69, 9.17) is 29.2 Å². The van der Waals surface area contributed by atoms with Crippen LogP contribution in [0.1, 0.15) is 37.9 Å². The lowest BCUT2D eigenvalue weighted by atomic mass is 10.1. The first-order valence-electron chi connectivity index (χ1n) is 19.0. The van der Waals surface area contributed by atoms with Crippen LogP contribution in [-0.2, 0) is 50.5 Å². The summed E-state index contributed by atoms with van der Waals surface area (Å²) in [5, 5.41) is 29.4. The highest BCUT2D eigenvalue weighted by Gasteiger charge is 2.85. The minimum absolute atomic E-state index is 0.0129. The molecule has 3 fully saturated rings. The molecule has 19 heteroatoms. The van der Waals surface area contributed by atoms with Gasteiger partial charge < -0.3 is 48.9 Å². The van der Waals surface area contributed by atoms with Crippen molar-refractivity contribution in [2.24, 2.45) is 0 Å². The van der Waals surface area contributed by atoms with Gasteiger partial charge in [0.1, 0.15) is 41.5 Å². The van der Waals surface area contributed by atoms with E-state index in [9.17, 15) is 19.8 Å². The van der Waals surface area contributed by atoms with Crippen molar-refractivity contribution in [3.05, 3.63) is 78.1 Å². The van der Waals surface area contributed by atoms with E-state index in [2.05, 4.69) is 25.1 Å². The number of hydrogen-bond donors (Lipinski definition) is 5. The summed E-state index contributed by atoms with van der Waals surface area (Å²) >= 11 is 0. The minimum atomic E-state index is -4.44. The maximum atomic E-state index is 15.0. The molecule has 3 aliphatic rings. The van der Waals surface area contributed by atoms with Gasteiger partial charge in [-0.3, -0.25) is 14.2 Å². The fraction of sp³-hybridized carbons (Fsp3) is 0.500. The highest BCUT2D eigenvalue weighted by molar-refractivity contribution is 7.54. The number of carbonyl (C=O) groups is 2. The predicted octanol–water partition coefficient (Wildman–Crippen LogP) is 1.70. The largest absolute Gasteiger partial charge is 0.465 e. The van der Waals surface area contributed by atoms with Gasteiger partial charge in [-0.2, -0.15) is 9.97 Å². The summed E-state index contributed by atoms with van der Waals surface area (Å²) in [6.07, 6.45) is -1.11. The number of aromatic nitrogens is 4. The van der Waals surface area contributed by atoms with Crippen LogP contribution < -0.4 is 20.8 Å². The van der Waals surface area contributed by atoms with Crippen LogP contribution in [0, 0.1) is 0 Å². The first-order chi connectivity index (χ1) is 27.4. The number of aliphatic hydroxyl groups is 2. The van der Waals surface area contributed by atoms with Crippen molar-refractivity contribution in [3.63, 3.8) is 0 Å². The lowest BCUT2D eigenvalue weighted by Crippen LogP contribution is -2.47. The van der Waals surface area contributed by atoms with E-state index in [0.717, 1.165) is 11.1 Å². The number of nitrogens with zero attached hydrogens (tertiary/aromatic N) is 5. The van der Waals surface area contributed by atoms with Crippen LogP contribution in [0.25, 0.3) is 11.2 Å². The summed E-state index contributed by atoms with van der Waals surface area (Å²) in [5.74, 6) is -0.842. The van der Waals surface area contributed by atoms with Crippen LogP contribution >= 0.6 is 7.67 Å². The van der Waals surface area contributed by atoms with E-state index in [1.807, 2.05) is 65.6 Å². The molecule has 2 saturated heterocycles. The van der Waals surface area contributed by atoms with Crippen molar-refractivity contribution in [3.8, 4) is 0 Å². The Morgan fingerprint density at radius 3 is 2.04 bits per heavy atom. The molecule has 306 valence electrons. The molecule has 4 aromatic rings. The smallest absolute Gasteiger partial charge is 0.342 e. The summed E-state index contributed by atoms with van der Waals surface area (Å²) in [5.41, 5.74) is 5.24. The summed E-state index contributed by atoms with van der Waals surface area (Å²) in [4.78, 5) is 42.1. The highest BCUT2D eigenvalue weighted by Crippen LogP contribution is 2.68. The highest BCUT2D eigenvalue weighted by atomic mass is 31.2. The molecule has 2 aromatic heterocycles. The van der Waals surface area contributed by atoms with Gasteiger partial charge in [-0.05, 0) is 44.7 Å². The van der Waals surface area contributed by atoms with Gasteiger partial charge in [0.05, 0.1) is 39.4 Å². The predicted molar refractivity (Wildman–Crippen MR) is 207 cm³/mol. The standard InChI is InChI=1S/C38H49N8O10P/c1-4-53-33(48)26(20-24-12-8-6-9-13-24)43-57(51,44-27(34(49)54-5-2)21-25-14-10-7-11-15-25)55-22-28-30(47)38(50)35(37(38,3)56-28)46-23-40-29-31(41-36(39)42-32(29)46)45-16-18-52-19-17-45/h6-15,23,26-28,30,35,47,50H,4-5,16-22H2,1-3H3,(H2,39,41,42)(H2,43,44,51)/t26-,27-,28+,30?,35+,37?,38?/m0/s1. The molecule has 3 unspecified atom stereocenters. The molecular weight excluding hydrogens is 759 g/mol. The topological polar surface area (TPSA) is 235 Å². The number of ether oxygens (including phenoxy) is 4. The van der Waals surface area contributed by atoms with Crippen LogP contribution in [0.3, 0.4) is 0 Å². The second-order valence-electron chi connectivity index (χ2n) is 14.4. The van der Waals surface area contributed by atoms with E-state index in [1.165, 1.54) is 6.33 Å². The van der Waals surface area contributed by atoms with E-state index >= 15 is 4.57 Å². The first kappa shape index (κ1) is 40.7. The van der Waals surface area contributed by atoms with Gasteiger partial charge in [0.2, 0.25) is 5.95 Å². The van der Waals surface area contributed by atoms with Crippen molar-refractivity contribution < 1.29 is 47.8 Å². The Kier molecular flexibility index (Phi) is 12.0. The Morgan fingerprint density at radius 2 is 1.53 bits per heavy atom. The molecule has 7 rings (SSSR count). The molecule has 57 heavy (non-hydrogen) atoms. The van der Waals surface area contributed by atoms with Crippen LogP contribution in [-0.4, -0.2) is 123 Å². The van der Waals surface area contributed by atoms with Crippen molar-refractivity contribution >= 4 is 42.5 Å². The SMILES string of the molecule is CCOC(=O)[C@H](Cc1ccccc1)NP(=O)(N[C@@H](Cc1ccccc1)C(=O)OCC)OC[C@H]1OC2(C)[C@@H](n3cnc4c(N5CCOCC5)nc(N)nc43)C2(O)C1O. The van der Waals surface area contributed by atoms with E-state index in [-0.39, 0.29) is 32.0 Å². The Morgan fingerprint density at radius 1 is 0.965 bits per heavy atom. The number of hydrogen-bond acceptors (Lipinski definition) is 15. The van der Waals surface area contributed by atoms with Crippen molar-refractivity contribution in [2.45, 2.75) is 75.1 Å². The number of rotatable bonds is 17. The number of nitrogens with two attached hydrogens (primary N) is 1. The number of nitrogens with one attached hydrogen (secondary N) is 2. The summed E-state index contributed by atoms with van der Waals surface area (Å²) in [7, 11) is -4.44. The van der Waals surface area contributed by atoms with Gasteiger partial charge in [0.25, 0.3) is 0 Å². The number of nitrogen functional groups attached to an aromatic ring is 1. The second-order valence-corrected chi connectivity index (χ2v) is 16.2. The van der Waals surface area contributed by atoms with E-state index < -0.39 is 67.8 Å². The molecule has 7 atom stereocenters. The fourth-order valence-electron chi connectivity index (χ4n) is 7.81. The molecule has 0 amide bonds. The third kappa shape index (κ3) is 8.13. The molecule has 2 aromatic carbocycles. The molecule has 18 nitrogen and oxygen atoms in total. The zero-order valence-electron chi connectivity index (χ0n) is 32.0. The minimum Gasteiger partial charge on any atom is -0.465 e. The van der Waals surface area contributed by atoms with Gasteiger partial charge >= 0.3 is 19.6 Å². The van der Waals surface area contributed by atoms with Gasteiger partial charge in [-0.1, -0.05) is 60.7 Å². The molecule has 0 spiro atoms. The van der Waals surface area contributed by atoms with Crippen LogP contribution in [0.2, 0.25) is 0 Å². The molecule has 0 radical (unpaired) electrons. The average Bonchev–Trinajstić information content (AvgIpc) is 3.39. The van der Waals surface area contributed by atoms with Crippen LogP contribution in [0.4, 0.5) is 11.8 Å². The molecular formula is C38H49N8O10P. The monoisotopic (exact) mass is 808 g/mol. The second kappa shape index (κ2) is 16.8. The number of aliphatic hydroxyl groups excluding tert-OH is 1. The molecule has 4 heterocycles. The Labute approximate surface area is 329 Å². The number of benzene rings is 2. The lowest BCUT2D eigenvalue weighted by Gasteiger charge is -2.30. The molecule has 6 N–H and O–H groups in total. The molecule has 1 saturated carbocycles. The number of imidazole rings is 1. The maximum absolute atomic E-state index is 15.0. The fourth-order valence-corrected chi connectivity index (χ4v) is 9.60. The third-order valence-electron chi connectivity index (χ3n) is 10.6. The third-order valence-corrected chi connectivity index (χ3v) is 12.5. The summed E-state index contributed by atoms with van der Waals surface area (Å²) in [6, 6.07) is 14.9. The average molecular weight is 809 g/mol. The van der Waals surface area contributed by atoms with Crippen molar-refractivity contribution in [1.29, 1.82) is 0 Å². The van der Waals surface area contributed by atoms with Crippen LogP contribution in [0.15, 0.2) is 67.0 Å². The normalized spacial score (nSPS) is 25.5. The Balaban J connectivity index is 1.14. The zero-order chi connectivity index (χ0) is 40.4. The lowest BCUT2D eigenvalue weighted by molar-refractivity contribution is -0.145.